The molecular formula is C16H17ClN4O4. The number of hydrogen-bond donors (Lipinski definition) is 3. The second-order valence-electron chi connectivity index (χ2n) is 5.74. The lowest BCUT2D eigenvalue weighted by molar-refractivity contribution is 0.100. The highest BCUT2D eigenvalue weighted by molar-refractivity contribution is 6.31. The van der Waals surface area contributed by atoms with Crippen LogP contribution in [0.15, 0.2) is 27.8 Å². The molecule has 1 fully saturated rings. The Morgan fingerprint density at radius 2 is 2.16 bits per heavy atom. The van der Waals surface area contributed by atoms with Crippen molar-refractivity contribution in [2.45, 2.75) is 18.9 Å². The summed E-state index contributed by atoms with van der Waals surface area (Å²) in [5.74, 6) is -0.127. The molecule has 1 heterocycles. The van der Waals surface area contributed by atoms with E-state index in [9.17, 15) is 14.4 Å². The van der Waals surface area contributed by atoms with Crippen LogP contribution in [0.5, 0.6) is 5.75 Å². The average Bonchev–Trinajstić information content (AvgIpc) is 3.37. The summed E-state index contributed by atoms with van der Waals surface area (Å²) in [5.41, 5.74) is 4.83. The molecular weight excluding hydrogens is 348 g/mol. The van der Waals surface area contributed by atoms with Crippen LogP contribution in [0.25, 0.3) is 0 Å². The Hall–Kier alpha value is -2.74. The minimum atomic E-state index is -0.788. The van der Waals surface area contributed by atoms with Gasteiger partial charge in [0, 0.05) is 11.1 Å². The molecule has 0 unspecified atom stereocenters. The van der Waals surface area contributed by atoms with E-state index in [-0.39, 0.29) is 24.0 Å². The second-order valence-corrected chi connectivity index (χ2v) is 6.18. The van der Waals surface area contributed by atoms with E-state index in [2.05, 4.69) is 10.3 Å². The maximum Gasteiger partial charge on any atom is 0.330 e. The zero-order valence-electron chi connectivity index (χ0n) is 13.5. The van der Waals surface area contributed by atoms with Gasteiger partial charge < -0.3 is 15.8 Å². The number of nitrogen functional groups attached to an aromatic ring is 1. The minimum Gasteiger partial charge on any atom is -0.495 e. The van der Waals surface area contributed by atoms with Crippen LogP contribution in [0.1, 0.15) is 29.2 Å². The molecule has 0 amide bonds. The maximum atomic E-state index is 12.5. The van der Waals surface area contributed by atoms with Gasteiger partial charge in [-0.3, -0.25) is 19.1 Å². The van der Waals surface area contributed by atoms with Gasteiger partial charge in [0.05, 0.1) is 19.3 Å². The Morgan fingerprint density at radius 1 is 1.44 bits per heavy atom. The monoisotopic (exact) mass is 364 g/mol. The number of H-pyrrole nitrogens is 1. The van der Waals surface area contributed by atoms with Crippen molar-refractivity contribution in [3.05, 3.63) is 49.6 Å². The molecule has 1 aromatic heterocycles. The molecule has 0 atom stereocenters. The number of aromatic amines is 1. The zero-order valence-corrected chi connectivity index (χ0v) is 14.2. The van der Waals surface area contributed by atoms with Crippen LogP contribution in [0, 0.1) is 0 Å². The third-order valence-electron chi connectivity index (χ3n) is 3.97. The topological polar surface area (TPSA) is 119 Å². The van der Waals surface area contributed by atoms with Crippen molar-refractivity contribution in [1.29, 1.82) is 0 Å². The lowest BCUT2D eigenvalue weighted by Gasteiger charge is -2.13. The largest absolute Gasteiger partial charge is 0.495 e. The number of ether oxygens (including phenoxy) is 1. The van der Waals surface area contributed by atoms with Crippen molar-refractivity contribution in [3.63, 3.8) is 0 Å². The Morgan fingerprint density at radius 3 is 2.80 bits per heavy atom. The molecule has 1 aromatic carbocycles. The molecule has 0 aliphatic heterocycles. The van der Waals surface area contributed by atoms with Gasteiger partial charge in [0.25, 0.3) is 5.56 Å². The molecule has 9 heteroatoms. The maximum absolute atomic E-state index is 12.5. The lowest BCUT2D eigenvalue weighted by Crippen LogP contribution is -2.37. The molecule has 2 aromatic rings. The van der Waals surface area contributed by atoms with E-state index >= 15 is 0 Å². The number of anilines is 2. The van der Waals surface area contributed by atoms with Gasteiger partial charge in [0.1, 0.15) is 17.1 Å². The number of rotatable bonds is 6. The number of ketones is 1. The SMILES string of the molecule is COc1ccc(Cl)cc1NCC(=O)c1c(N)n(C2CC2)c(=O)[nH]c1=O. The highest BCUT2D eigenvalue weighted by Crippen LogP contribution is 2.35. The number of nitrogens with two attached hydrogens (primary N) is 1. The fourth-order valence-electron chi connectivity index (χ4n) is 2.61. The minimum absolute atomic E-state index is 0.0584. The van der Waals surface area contributed by atoms with Crippen LogP contribution in [0.4, 0.5) is 11.5 Å². The Labute approximate surface area is 147 Å². The standard InChI is InChI=1S/C16H17ClN4O4/c1-25-12-5-2-8(17)6-10(12)19-7-11(22)13-14(18)21(9-3-4-9)16(24)20-15(13)23/h2,5-6,9,19H,3-4,7,18H2,1H3,(H,20,23,24). The average molecular weight is 365 g/mol. The van der Waals surface area contributed by atoms with Gasteiger partial charge in [0.15, 0.2) is 5.78 Å². The molecule has 25 heavy (non-hydrogen) atoms. The summed E-state index contributed by atoms with van der Waals surface area (Å²) >= 11 is 5.94. The van der Waals surface area contributed by atoms with Gasteiger partial charge in [0.2, 0.25) is 0 Å². The molecule has 0 spiro atoms. The van der Waals surface area contributed by atoms with Crippen LogP contribution in [-0.2, 0) is 0 Å². The van der Waals surface area contributed by atoms with E-state index in [1.807, 2.05) is 0 Å². The number of hydrogen-bond acceptors (Lipinski definition) is 6. The second kappa shape index (κ2) is 6.64. The van der Waals surface area contributed by atoms with Crippen molar-refractivity contribution in [3.8, 4) is 5.75 Å². The van der Waals surface area contributed by atoms with Crippen molar-refractivity contribution >= 4 is 28.9 Å². The smallest absolute Gasteiger partial charge is 0.330 e. The van der Waals surface area contributed by atoms with E-state index in [1.54, 1.807) is 18.2 Å². The molecule has 0 bridgehead atoms. The first-order valence-corrected chi connectivity index (χ1v) is 8.05. The van der Waals surface area contributed by atoms with Crippen LogP contribution in [0.2, 0.25) is 5.02 Å². The van der Waals surface area contributed by atoms with Crippen LogP contribution in [0.3, 0.4) is 0 Å². The van der Waals surface area contributed by atoms with Gasteiger partial charge in [-0.1, -0.05) is 11.6 Å². The molecule has 1 aliphatic carbocycles. The molecule has 0 saturated heterocycles. The van der Waals surface area contributed by atoms with Crippen molar-refractivity contribution < 1.29 is 9.53 Å². The van der Waals surface area contributed by atoms with E-state index < -0.39 is 17.0 Å². The Bertz CT molecular complexity index is 946. The van der Waals surface area contributed by atoms with Crippen molar-refractivity contribution in [2.24, 2.45) is 0 Å². The fraction of sp³-hybridized carbons (Fsp3) is 0.312. The molecule has 3 rings (SSSR count). The Balaban J connectivity index is 1.87. The number of halogens is 1. The number of nitrogens with zero attached hydrogens (tertiary/aromatic N) is 1. The summed E-state index contributed by atoms with van der Waals surface area (Å²) in [5, 5.41) is 3.35. The highest BCUT2D eigenvalue weighted by atomic mass is 35.5. The summed E-state index contributed by atoms with van der Waals surface area (Å²) in [6, 6.07) is 4.86. The first kappa shape index (κ1) is 17.1. The van der Waals surface area contributed by atoms with Gasteiger partial charge in [-0.2, -0.15) is 0 Å². The molecule has 0 radical (unpaired) electrons. The lowest BCUT2D eigenvalue weighted by atomic mass is 10.2. The molecule has 4 N–H and O–H groups in total. The summed E-state index contributed by atoms with van der Waals surface area (Å²) in [6.45, 7) is -0.202. The van der Waals surface area contributed by atoms with Gasteiger partial charge in [-0.05, 0) is 31.0 Å². The van der Waals surface area contributed by atoms with Crippen molar-refractivity contribution in [2.75, 3.05) is 24.7 Å². The van der Waals surface area contributed by atoms with Gasteiger partial charge >= 0.3 is 5.69 Å². The molecule has 1 saturated carbocycles. The number of aromatic nitrogens is 2. The van der Waals surface area contributed by atoms with Crippen LogP contribution < -0.4 is 27.0 Å². The Kier molecular flexibility index (Phi) is 4.54. The first-order valence-electron chi connectivity index (χ1n) is 7.67. The number of Topliss-reactive ketones (excluding diaryl/α,β-unsaturated/α-hetero) is 1. The number of carbonyl (C=O) groups is 1. The summed E-state index contributed by atoms with van der Waals surface area (Å²) < 4.78 is 6.46. The molecule has 1 aliphatic rings. The molecule has 132 valence electrons. The van der Waals surface area contributed by atoms with Crippen LogP contribution in [-0.4, -0.2) is 29.0 Å². The number of methoxy groups -OCH3 is 1. The first-order chi connectivity index (χ1) is 11.9. The van der Waals surface area contributed by atoms with Crippen molar-refractivity contribution in [1.82, 2.24) is 9.55 Å². The summed E-state index contributed by atoms with van der Waals surface area (Å²) in [7, 11) is 1.49. The van der Waals surface area contributed by atoms with E-state index in [0.717, 1.165) is 12.8 Å². The predicted octanol–water partition coefficient (Wildman–Crippen LogP) is 1.41. The predicted molar refractivity (Wildman–Crippen MR) is 94.8 cm³/mol. The third kappa shape index (κ3) is 3.39. The fourth-order valence-corrected chi connectivity index (χ4v) is 2.79. The van der Waals surface area contributed by atoms with E-state index in [0.29, 0.717) is 16.5 Å². The number of benzene rings is 1. The summed E-state index contributed by atoms with van der Waals surface area (Å²) in [6.07, 6.45) is 1.59. The third-order valence-corrected chi connectivity index (χ3v) is 4.21. The van der Waals surface area contributed by atoms with Gasteiger partial charge in [-0.25, -0.2) is 4.79 Å². The van der Waals surface area contributed by atoms with E-state index in [1.165, 1.54) is 11.7 Å². The quantitative estimate of drug-likeness (QED) is 0.667. The highest BCUT2D eigenvalue weighted by Gasteiger charge is 2.29. The van der Waals surface area contributed by atoms with Gasteiger partial charge in [-0.15, -0.1) is 0 Å². The van der Waals surface area contributed by atoms with E-state index in [4.69, 9.17) is 22.1 Å². The summed E-state index contributed by atoms with van der Waals surface area (Å²) in [4.78, 5) is 38.6. The normalized spacial score (nSPS) is 13.5. The van der Waals surface area contributed by atoms with Crippen LogP contribution >= 0.6 is 11.6 Å². The zero-order chi connectivity index (χ0) is 18.1. The number of carbonyl (C=O) groups excluding carboxylic acids is 1. The molecule has 8 nitrogen and oxygen atoms in total. The number of nitrogens with one attached hydrogen (secondary N) is 2.